The molecule has 7 nitrogen and oxygen atoms in total. The number of pyridine rings is 1. The van der Waals surface area contributed by atoms with Gasteiger partial charge in [0.25, 0.3) is 5.91 Å². The van der Waals surface area contributed by atoms with Gasteiger partial charge in [-0.1, -0.05) is 12.1 Å². The molecule has 4 rings (SSSR count). The molecule has 0 atom stereocenters. The van der Waals surface area contributed by atoms with E-state index in [1.165, 1.54) is 23.5 Å². The predicted octanol–water partition coefficient (Wildman–Crippen LogP) is 3.66. The smallest absolute Gasteiger partial charge is 0.256 e. The Hall–Kier alpha value is -3.04. The second kappa shape index (κ2) is 7.09. The highest BCUT2D eigenvalue weighted by atomic mass is 32.2. The maximum absolute atomic E-state index is 13.2. The Balaban J connectivity index is 1.82. The first kappa shape index (κ1) is 19.3. The Kier molecular flexibility index (Phi) is 4.71. The molecule has 0 radical (unpaired) electrons. The number of anilines is 1. The van der Waals surface area contributed by atoms with Gasteiger partial charge in [0.2, 0.25) is 0 Å². The normalized spacial score (nSPS) is 11.7. The van der Waals surface area contributed by atoms with Crippen molar-refractivity contribution in [1.29, 1.82) is 0 Å². The van der Waals surface area contributed by atoms with Crippen LogP contribution >= 0.6 is 11.3 Å². The van der Waals surface area contributed by atoms with E-state index in [0.29, 0.717) is 33.7 Å². The van der Waals surface area contributed by atoms with Crippen LogP contribution in [0.5, 0.6) is 0 Å². The van der Waals surface area contributed by atoms with Crippen molar-refractivity contribution in [3.8, 4) is 10.6 Å². The van der Waals surface area contributed by atoms with Crippen molar-refractivity contribution in [3.63, 3.8) is 0 Å². The second-order valence-corrected chi connectivity index (χ2v) is 9.66. The molecule has 0 aliphatic heterocycles. The lowest BCUT2D eigenvalue weighted by Crippen LogP contribution is -2.13. The highest BCUT2D eigenvalue weighted by molar-refractivity contribution is 7.90. The number of nitrogens with zero attached hydrogens (tertiary/aromatic N) is 3. The van der Waals surface area contributed by atoms with Gasteiger partial charge < -0.3 is 5.32 Å². The van der Waals surface area contributed by atoms with Gasteiger partial charge in [0.15, 0.2) is 15.5 Å². The number of carbonyl (C=O) groups is 1. The van der Waals surface area contributed by atoms with Crippen molar-refractivity contribution in [1.82, 2.24) is 14.8 Å². The Morgan fingerprint density at radius 2 is 1.97 bits per heavy atom. The first-order chi connectivity index (χ1) is 13.7. The summed E-state index contributed by atoms with van der Waals surface area (Å²) in [6, 6.07) is 11.8. The molecule has 0 unspecified atom stereocenters. The van der Waals surface area contributed by atoms with E-state index in [2.05, 4.69) is 15.4 Å². The first-order valence-corrected chi connectivity index (χ1v) is 11.5. The van der Waals surface area contributed by atoms with Gasteiger partial charge in [-0.25, -0.2) is 13.4 Å². The molecular formula is C20H18N4O3S2. The third-order valence-corrected chi connectivity index (χ3v) is 6.51. The number of thiophene rings is 1. The van der Waals surface area contributed by atoms with Gasteiger partial charge in [0.1, 0.15) is 0 Å². The van der Waals surface area contributed by atoms with E-state index in [1.54, 1.807) is 29.9 Å². The fourth-order valence-electron chi connectivity index (χ4n) is 3.18. The van der Waals surface area contributed by atoms with Crippen LogP contribution in [0.4, 0.5) is 5.69 Å². The van der Waals surface area contributed by atoms with Crippen molar-refractivity contribution < 1.29 is 13.2 Å². The molecule has 0 saturated carbocycles. The zero-order chi connectivity index (χ0) is 20.8. The zero-order valence-corrected chi connectivity index (χ0v) is 17.6. The van der Waals surface area contributed by atoms with E-state index in [9.17, 15) is 13.2 Å². The lowest BCUT2D eigenvalue weighted by atomic mass is 10.1. The van der Waals surface area contributed by atoms with Crippen molar-refractivity contribution >= 4 is 43.8 Å². The van der Waals surface area contributed by atoms with Crippen molar-refractivity contribution in [2.75, 3.05) is 11.6 Å². The molecule has 0 spiro atoms. The molecule has 3 aromatic heterocycles. The Morgan fingerprint density at radius 3 is 2.66 bits per heavy atom. The van der Waals surface area contributed by atoms with E-state index >= 15 is 0 Å². The van der Waals surface area contributed by atoms with Crippen LogP contribution in [0.25, 0.3) is 21.6 Å². The summed E-state index contributed by atoms with van der Waals surface area (Å²) in [6.07, 6.45) is 1.13. The van der Waals surface area contributed by atoms with Crippen LogP contribution in [0.3, 0.4) is 0 Å². The lowest BCUT2D eigenvalue weighted by molar-refractivity contribution is 0.102. The number of amides is 1. The van der Waals surface area contributed by atoms with Crippen LogP contribution in [0, 0.1) is 6.92 Å². The van der Waals surface area contributed by atoms with Crippen LogP contribution in [0.2, 0.25) is 0 Å². The molecule has 1 amide bonds. The fraction of sp³-hybridized carbons (Fsp3) is 0.150. The number of rotatable bonds is 4. The number of carbonyl (C=O) groups excluding carboxylic acids is 1. The van der Waals surface area contributed by atoms with Crippen molar-refractivity contribution in [2.45, 2.75) is 11.8 Å². The third-order valence-electron chi connectivity index (χ3n) is 4.51. The minimum absolute atomic E-state index is 0.145. The molecule has 0 saturated heterocycles. The average Bonchev–Trinajstić information content (AvgIpc) is 3.29. The van der Waals surface area contributed by atoms with Gasteiger partial charge in [-0.2, -0.15) is 5.10 Å². The topological polar surface area (TPSA) is 93.9 Å². The van der Waals surface area contributed by atoms with Gasteiger partial charge >= 0.3 is 0 Å². The van der Waals surface area contributed by atoms with Gasteiger partial charge in [-0.3, -0.25) is 9.48 Å². The lowest BCUT2D eigenvalue weighted by Gasteiger charge is -2.09. The third kappa shape index (κ3) is 3.66. The molecule has 0 aliphatic rings. The van der Waals surface area contributed by atoms with E-state index in [4.69, 9.17) is 0 Å². The number of nitrogens with one attached hydrogen (secondary N) is 1. The van der Waals surface area contributed by atoms with Crippen LogP contribution in [0.15, 0.2) is 52.7 Å². The highest BCUT2D eigenvalue weighted by Gasteiger charge is 2.20. The van der Waals surface area contributed by atoms with Crippen LogP contribution in [0.1, 0.15) is 16.1 Å². The highest BCUT2D eigenvalue weighted by Crippen LogP contribution is 2.30. The molecule has 148 valence electrons. The van der Waals surface area contributed by atoms with E-state index in [-0.39, 0.29) is 10.8 Å². The number of hydrogen-bond acceptors (Lipinski definition) is 6. The summed E-state index contributed by atoms with van der Waals surface area (Å²) >= 11 is 1.54. The minimum Gasteiger partial charge on any atom is -0.322 e. The van der Waals surface area contributed by atoms with E-state index in [0.717, 1.165) is 11.1 Å². The first-order valence-electron chi connectivity index (χ1n) is 8.74. The molecule has 0 aliphatic carbocycles. The number of hydrogen-bond donors (Lipinski definition) is 1. The van der Waals surface area contributed by atoms with Crippen LogP contribution in [-0.4, -0.2) is 35.3 Å². The summed E-state index contributed by atoms with van der Waals surface area (Å²) in [5.74, 6) is -0.350. The van der Waals surface area contributed by atoms with Crippen molar-refractivity contribution in [3.05, 3.63) is 59.1 Å². The molecule has 0 fully saturated rings. The van der Waals surface area contributed by atoms with Crippen molar-refractivity contribution in [2.24, 2.45) is 7.05 Å². The summed E-state index contributed by atoms with van der Waals surface area (Å²) < 4.78 is 25.3. The predicted molar refractivity (Wildman–Crippen MR) is 114 cm³/mol. The molecule has 9 heteroatoms. The summed E-state index contributed by atoms with van der Waals surface area (Å²) in [4.78, 5) is 18.9. The number of aromatic nitrogens is 3. The maximum atomic E-state index is 13.2. The molecule has 29 heavy (non-hydrogen) atoms. The summed E-state index contributed by atoms with van der Waals surface area (Å²) in [5.41, 5.74) is 2.84. The maximum Gasteiger partial charge on any atom is 0.256 e. The summed E-state index contributed by atoms with van der Waals surface area (Å²) in [7, 11) is -1.58. The summed E-state index contributed by atoms with van der Waals surface area (Å²) in [6.45, 7) is 1.83. The summed E-state index contributed by atoms with van der Waals surface area (Å²) in [5, 5.41) is 9.84. The molecule has 1 aromatic carbocycles. The number of sulfone groups is 1. The Morgan fingerprint density at radius 1 is 1.17 bits per heavy atom. The van der Waals surface area contributed by atoms with Gasteiger partial charge in [0, 0.05) is 19.0 Å². The Labute approximate surface area is 171 Å². The minimum atomic E-state index is -3.37. The molecule has 1 N–H and O–H groups in total. The molecular weight excluding hydrogens is 408 g/mol. The van der Waals surface area contributed by atoms with Gasteiger partial charge in [-0.15, -0.1) is 11.3 Å². The average molecular weight is 427 g/mol. The van der Waals surface area contributed by atoms with Crippen LogP contribution in [-0.2, 0) is 16.9 Å². The second-order valence-electron chi connectivity index (χ2n) is 6.69. The molecule has 3 heterocycles. The largest absolute Gasteiger partial charge is 0.322 e. The fourth-order valence-corrected chi connectivity index (χ4v) is 4.53. The quantitative estimate of drug-likeness (QED) is 0.537. The number of aryl methyl sites for hydroxylation is 2. The SMILES string of the molecule is Cc1nn(C)c2nc(-c3cccs3)cc(C(=O)Nc3cccc(S(C)(=O)=O)c3)c12. The van der Waals surface area contributed by atoms with E-state index in [1.807, 2.05) is 24.4 Å². The van der Waals surface area contributed by atoms with E-state index < -0.39 is 9.84 Å². The van der Waals surface area contributed by atoms with Gasteiger partial charge in [0.05, 0.1) is 32.1 Å². The zero-order valence-electron chi connectivity index (χ0n) is 16.0. The monoisotopic (exact) mass is 426 g/mol. The molecule has 4 aromatic rings. The standard InChI is InChI=1S/C20H18N4O3S2/c1-12-18-15(20(25)21-13-6-4-7-14(10-13)29(3,26)27)11-16(17-8-5-9-28-17)22-19(18)24(2)23-12/h4-11H,1-3H3,(H,21,25). The molecule has 0 bridgehead atoms. The number of fused-ring (bicyclic) bond motifs is 1. The number of benzene rings is 1. The Bertz CT molecular complexity index is 1340. The van der Waals surface area contributed by atoms with Crippen LogP contribution < -0.4 is 5.32 Å². The van der Waals surface area contributed by atoms with Gasteiger partial charge in [-0.05, 0) is 42.6 Å².